The van der Waals surface area contributed by atoms with E-state index in [0.717, 1.165) is 24.9 Å². The maximum atomic E-state index is 10.3. The highest BCUT2D eigenvalue weighted by atomic mass is 16.5. The quantitative estimate of drug-likeness (QED) is 0.683. The van der Waals surface area contributed by atoms with E-state index in [2.05, 4.69) is 12.2 Å². The number of rotatable bonds is 7. The first-order valence-electron chi connectivity index (χ1n) is 6.39. The first kappa shape index (κ1) is 15.0. The van der Waals surface area contributed by atoms with Gasteiger partial charge in [0.1, 0.15) is 5.75 Å². The van der Waals surface area contributed by atoms with E-state index in [-0.39, 0.29) is 6.04 Å². The summed E-state index contributed by atoms with van der Waals surface area (Å²) in [7, 11) is 3.48. The van der Waals surface area contributed by atoms with Gasteiger partial charge in [-0.3, -0.25) is 0 Å². The number of nitrogens with two attached hydrogens (primary N) is 1. The Morgan fingerprint density at radius 2 is 2.17 bits per heavy atom. The molecule has 1 aromatic carbocycles. The van der Waals surface area contributed by atoms with Gasteiger partial charge in [-0.05, 0) is 44.1 Å². The smallest absolute Gasteiger partial charge is 0.124 e. The van der Waals surface area contributed by atoms with Gasteiger partial charge in [0.15, 0.2) is 0 Å². The summed E-state index contributed by atoms with van der Waals surface area (Å²) < 4.78 is 5.29. The third-order valence-corrected chi connectivity index (χ3v) is 3.15. The van der Waals surface area contributed by atoms with Gasteiger partial charge in [0.05, 0.1) is 13.2 Å². The van der Waals surface area contributed by atoms with Crippen LogP contribution >= 0.6 is 0 Å². The summed E-state index contributed by atoms with van der Waals surface area (Å²) in [5.41, 5.74) is 7.95. The summed E-state index contributed by atoms with van der Waals surface area (Å²) in [5, 5.41) is 13.3. The highest BCUT2D eigenvalue weighted by Crippen LogP contribution is 2.28. The van der Waals surface area contributed by atoms with Gasteiger partial charge in [0.25, 0.3) is 0 Å². The van der Waals surface area contributed by atoms with Crippen LogP contribution in [0.5, 0.6) is 5.75 Å². The fourth-order valence-corrected chi connectivity index (χ4v) is 1.93. The number of hydrogen-bond acceptors (Lipinski definition) is 4. The molecule has 1 aromatic rings. The number of hydrogen-bond donors (Lipinski definition) is 3. The summed E-state index contributed by atoms with van der Waals surface area (Å²) in [6.07, 6.45) is 0.951. The number of aliphatic hydroxyl groups is 1. The lowest BCUT2D eigenvalue weighted by Gasteiger charge is -2.21. The fourth-order valence-electron chi connectivity index (χ4n) is 1.93. The second-order valence-electron chi connectivity index (χ2n) is 4.43. The van der Waals surface area contributed by atoms with Gasteiger partial charge < -0.3 is 20.9 Å². The van der Waals surface area contributed by atoms with Crippen molar-refractivity contribution >= 4 is 0 Å². The van der Waals surface area contributed by atoms with E-state index in [1.54, 1.807) is 7.11 Å². The van der Waals surface area contributed by atoms with Crippen LogP contribution in [-0.2, 0) is 6.42 Å². The average molecular weight is 252 g/mol. The summed E-state index contributed by atoms with van der Waals surface area (Å²) in [6.45, 7) is 2.87. The molecule has 0 heterocycles. The Labute approximate surface area is 109 Å². The molecule has 4 nitrogen and oxygen atoms in total. The molecule has 0 aliphatic heterocycles. The van der Waals surface area contributed by atoms with Crippen LogP contribution in [0.15, 0.2) is 18.2 Å². The SMILES string of the molecule is CCc1ccc(OC)c(C(O)C(N)CCNC)c1. The van der Waals surface area contributed by atoms with Crippen LogP contribution in [0.2, 0.25) is 0 Å². The minimum absolute atomic E-state index is 0.293. The number of methoxy groups -OCH3 is 1. The molecular formula is C14H24N2O2. The normalized spacial score (nSPS) is 14.3. The first-order valence-corrected chi connectivity index (χ1v) is 6.39. The standard InChI is InChI=1S/C14H24N2O2/c1-4-10-5-6-13(18-3)11(9-10)14(17)12(15)7-8-16-2/h5-6,9,12,14,16-17H,4,7-8,15H2,1-3H3. The Kier molecular flexibility index (Phi) is 6.12. The van der Waals surface area contributed by atoms with Crippen LogP contribution in [0.1, 0.15) is 30.6 Å². The molecule has 0 fully saturated rings. The summed E-state index contributed by atoms with van der Waals surface area (Å²) in [5.74, 6) is 0.694. The van der Waals surface area contributed by atoms with Gasteiger partial charge in [-0.2, -0.15) is 0 Å². The van der Waals surface area contributed by atoms with Crippen LogP contribution < -0.4 is 15.8 Å². The lowest BCUT2D eigenvalue weighted by atomic mass is 9.97. The van der Waals surface area contributed by atoms with Gasteiger partial charge in [0.2, 0.25) is 0 Å². The van der Waals surface area contributed by atoms with Crippen LogP contribution in [0.25, 0.3) is 0 Å². The third-order valence-electron chi connectivity index (χ3n) is 3.15. The van der Waals surface area contributed by atoms with Gasteiger partial charge >= 0.3 is 0 Å². The van der Waals surface area contributed by atoms with E-state index in [1.807, 2.05) is 25.2 Å². The molecular weight excluding hydrogens is 228 g/mol. The zero-order chi connectivity index (χ0) is 13.5. The zero-order valence-corrected chi connectivity index (χ0v) is 11.4. The Hall–Kier alpha value is -1.10. The van der Waals surface area contributed by atoms with Gasteiger partial charge in [-0.15, -0.1) is 0 Å². The molecule has 102 valence electrons. The molecule has 18 heavy (non-hydrogen) atoms. The molecule has 0 aliphatic carbocycles. The largest absolute Gasteiger partial charge is 0.496 e. The van der Waals surface area contributed by atoms with E-state index in [0.29, 0.717) is 5.75 Å². The average Bonchev–Trinajstić information content (AvgIpc) is 2.43. The topological polar surface area (TPSA) is 67.5 Å². The molecule has 0 amide bonds. The van der Waals surface area contributed by atoms with Crippen molar-refractivity contribution in [1.29, 1.82) is 0 Å². The van der Waals surface area contributed by atoms with Gasteiger partial charge in [0, 0.05) is 11.6 Å². The summed E-state index contributed by atoms with van der Waals surface area (Å²) in [6, 6.07) is 5.58. The highest BCUT2D eigenvalue weighted by molar-refractivity contribution is 5.39. The molecule has 0 bridgehead atoms. The van der Waals surface area contributed by atoms with E-state index in [9.17, 15) is 5.11 Å². The Balaban J connectivity index is 2.91. The maximum absolute atomic E-state index is 10.3. The Morgan fingerprint density at radius 3 is 2.72 bits per heavy atom. The lowest BCUT2D eigenvalue weighted by molar-refractivity contribution is 0.139. The summed E-state index contributed by atoms with van der Waals surface area (Å²) in [4.78, 5) is 0. The van der Waals surface area contributed by atoms with Crippen molar-refractivity contribution in [3.05, 3.63) is 29.3 Å². The third kappa shape index (κ3) is 3.70. The van der Waals surface area contributed by atoms with E-state index < -0.39 is 6.10 Å². The van der Waals surface area contributed by atoms with Crippen LogP contribution in [0, 0.1) is 0 Å². The van der Waals surface area contributed by atoms with Crippen molar-refractivity contribution in [2.45, 2.75) is 31.9 Å². The highest BCUT2D eigenvalue weighted by Gasteiger charge is 2.20. The van der Waals surface area contributed by atoms with Crippen LogP contribution in [0.4, 0.5) is 0 Å². The molecule has 0 radical (unpaired) electrons. The molecule has 2 unspecified atom stereocenters. The number of ether oxygens (including phenoxy) is 1. The van der Waals surface area contributed by atoms with Crippen LogP contribution in [-0.4, -0.2) is 31.9 Å². The minimum Gasteiger partial charge on any atom is -0.496 e. The lowest BCUT2D eigenvalue weighted by Crippen LogP contribution is -2.31. The number of benzene rings is 1. The number of nitrogens with one attached hydrogen (secondary N) is 1. The van der Waals surface area contributed by atoms with Crippen LogP contribution in [0.3, 0.4) is 0 Å². The molecule has 0 aromatic heterocycles. The Bertz CT molecular complexity index is 369. The minimum atomic E-state index is -0.695. The van der Waals surface area contributed by atoms with Crippen molar-refractivity contribution in [2.75, 3.05) is 20.7 Å². The monoisotopic (exact) mass is 252 g/mol. The van der Waals surface area contributed by atoms with Crippen molar-refractivity contribution in [1.82, 2.24) is 5.32 Å². The molecule has 0 spiro atoms. The zero-order valence-electron chi connectivity index (χ0n) is 11.4. The first-order chi connectivity index (χ1) is 8.63. The van der Waals surface area contributed by atoms with Crippen molar-refractivity contribution in [3.63, 3.8) is 0 Å². The van der Waals surface area contributed by atoms with Gasteiger partial charge in [-0.25, -0.2) is 0 Å². The number of aryl methyl sites for hydroxylation is 1. The molecule has 1 rings (SSSR count). The molecule has 0 saturated carbocycles. The molecule has 4 heteroatoms. The molecule has 0 aliphatic rings. The second-order valence-corrected chi connectivity index (χ2v) is 4.43. The van der Waals surface area contributed by atoms with Crippen molar-refractivity contribution < 1.29 is 9.84 Å². The van der Waals surface area contributed by atoms with Crippen molar-refractivity contribution in [2.24, 2.45) is 5.73 Å². The molecule has 0 saturated heterocycles. The van der Waals surface area contributed by atoms with Crippen molar-refractivity contribution in [3.8, 4) is 5.75 Å². The predicted octanol–water partition coefficient (Wildman–Crippen LogP) is 1.23. The Morgan fingerprint density at radius 1 is 1.44 bits per heavy atom. The van der Waals surface area contributed by atoms with E-state index >= 15 is 0 Å². The number of aliphatic hydroxyl groups excluding tert-OH is 1. The molecule has 4 N–H and O–H groups in total. The van der Waals surface area contributed by atoms with Gasteiger partial charge in [-0.1, -0.05) is 13.0 Å². The fraction of sp³-hybridized carbons (Fsp3) is 0.571. The predicted molar refractivity (Wildman–Crippen MR) is 73.9 cm³/mol. The summed E-state index contributed by atoms with van der Waals surface area (Å²) >= 11 is 0. The van der Waals surface area contributed by atoms with E-state index in [1.165, 1.54) is 5.56 Å². The van der Waals surface area contributed by atoms with E-state index in [4.69, 9.17) is 10.5 Å². The maximum Gasteiger partial charge on any atom is 0.124 e. The second kappa shape index (κ2) is 7.36. The molecule has 2 atom stereocenters.